The number of nitrogens with one attached hydrogen (secondary N) is 1. The van der Waals surface area contributed by atoms with Crippen LogP contribution in [0.1, 0.15) is 23.8 Å². The summed E-state index contributed by atoms with van der Waals surface area (Å²) < 4.78 is 18.3. The van der Waals surface area contributed by atoms with E-state index in [1.54, 1.807) is 12.5 Å². The smallest absolute Gasteiger partial charge is 0.141 e. The van der Waals surface area contributed by atoms with E-state index in [9.17, 15) is 4.39 Å². The molecule has 0 amide bonds. The first-order valence-electron chi connectivity index (χ1n) is 5.59. The Balaban J connectivity index is 2.01. The van der Waals surface area contributed by atoms with Crippen LogP contribution in [0.2, 0.25) is 0 Å². The van der Waals surface area contributed by atoms with Gasteiger partial charge in [0.1, 0.15) is 11.6 Å². The fourth-order valence-electron chi connectivity index (χ4n) is 1.84. The molecule has 0 aromatic carbocycles. The van der Waals surface area contributed by atoms with E-state index in [2.05, 4.69) is 10.3 Å². The van der Waals surface area contributed by atoms with E-state index in [0.717, 1.165) is 24.2 Å². The quantitative estimate of drug-likeness (QED) is 0.864. The molecule has 4 heteroatoms. The fraction of sp³-hybridized carbons (Fsp3) is 0.308. The fourth-order valence-corrected chi connectivity index (χ4v) is 1.84. The molecule has 0 radical (unpaired) electrons. The summed E-state index contributed by atoms with van der Waals surface area (Å²) in [7, 11) is 1.86. The molecule has 1 N–H and O–H groups in total. The highest BCUT2D eigenvalue weighted by atomic mass is 19.1. The number of furan rings is 1. The van der Waals surface area contributed by atoms with Crippen molar-refractivity contribution in [3.05, 3.63) is 54.0 Å². The number of aromatic nitrogens is 1. The highest BCUT2D eigenvalue weighted by Crippen LogP contribution is 2.18. The minimum absolute atomic E-state index is 0.0864. The van der Waals surface area contributed by atoms with E-state index in [-0.39, 0.29) is 11.9 Å². The van der Waals surface area contributed by atoms with Crippen LogP contribution in [0.4, 0.5) is 4.39 Å². The summed E-state index contributed by atoms with van der Waals surface area (Å²) in [6.45, 7) is 0. The normalized spacial score (nSPS) is 12.6. The number of rotatable bonds is 5. The molecule has 1 unspecified atom stereocenters. The van der Waals surface area contributed by atoms with Crippen molar-refractivity contribution in [3.8, 4) is 0 Å². The van der Waals surface area contributed by atoms with E-state index < -0.39 is 0 Å². The summed E-state index contributed by atoms with van der Waals surface area (Å²) in [4.78, 5) is 3.86. The molecule has 1 atom stereocenters. The van der Waals surface area contributed by atoms with Crippen LogP contribution in [0.5, 0.6) is 0 Å². The van der Waals surface area contributed by atoms with Crippen molar-refractivity contribution >= 4 is 0 Å². The summed E-state index contributed by atoms with van der Waals surface area (Å²) in [5.74, 6) is 0.635. The summed E-state index contributed by atoms with van der Waals surface area (Å²) in [5, 5.41) is 3.16. The maximum atomic E-state index is 13.1. The molecule has 0 aliphatic heterocycles. The monoisotopic (exact) mass is 234 g/mol. The van der Waals surface area contributed by atoms with Crippen LogP contribution < -0.4 is 5.32 Å². The molecule has 3 nitrogen and oxygen atoms in total. The van der Waals surface area contributed by atoms with E-state index in [1.807, 2.05) is 19.2 Å². The average Bonchev–Trinajstić information content (AvgIpc) is 2.83. The molecule has 17 heavy (non-hydrogen) atoms. The van der Waals surface area contributed by atoms with E-state index in [4.69, 9.17) is 4.42 Å². The Hall–Kier alpha value is -1.68. The summed E-state index contributed by atoms with van der Waals surface area (Å²) >= 11 is 0. The van der Waals surface area contributed by atoms with E-state index >= 15 is 0 Å². The van der Waals surface area contributed by atoms with Crippen LogP contribution in [0, 0.1) is 5.82 Å². The van der Waals surface area contributed by atoms with Gasteiger partial charge in [0.15, 0.2) is 0 Å². The van der Waals surface area contributed by atoms with Crippen LogP contribution in [-0.4, -0.2) is 12.0 Å². The van der Waals surface area contributed by atoms with Crippen LogP contribution >= 0.6 is 0 Å². The van der Waals surface area contributed by atoms with Gasteiger partial charge in [0.05, 0.1) is 12.5 Å². The third-order valence-electron chi connectivity index (χ3n) is 2.74. The maximum Gasteiger partial charge on any atom is 0.141 e. The SMILES string of the molecule is CNC(CCc1ccco1)c1cncc(F)c1. The first-order chi connectivity index (χ1) is 8.29. The van der Waals surface area contributed by atoms with E-state index in [0.29, 0.717) is 0 Å². The van der Waals surface area contributed by atoms with Crippen LogP contribution in [0.25, 0.3) is 0 Å². The van der Waals surface area contributed by atoms with Crippen LogP contribution in [0.15, 0.2) is 41.3 Å². The Morgan fingerprint density at radius 2 is 2.35 bits per heavy atom. The van der Waals surface area contributed by atoms with Crippen molar-refractivity contribution < 1.29 is 8.81 Å². The van der Waals surface area contributed by atoms with Gasteiger partial charge in [-0.2, -0.15) is 0 Å². The average molecular weight is 234 g/mol. The Morgan fingerprint density at radius 3 is 3.00 bits per heavy atom. The Labute approximate surface area is 99.7 Å². The lowest BCUT2D eigenvalue weighted by molar-refractivity contribution is 0.467. The molecule has 2 aromatic heterocycles. The van der Waals surface area contributed by atoms with Gasteiger partial charge in [0.25, 0.3) is 0 Å². The number of aryl methyl sites for hydroxylation is 1. The van der Waals surface area contributed by atoms with Crippen molar-refractivity contribution in [1.82, 2.24) is 10.3 Å². The van der Waals surface area contributed by atoms with Gasteiger partial charge < -0.3 is 9.73 Å². The first-order valence-corrected chi connectivity index (χ1v) is 5.59. The molecule has 0 bridgehead atoms. The Morgan fingerprint density at radius 1 is 1.47 bits per heavy atom. The predicted octanol–water partition coefficient (Wildman–Crippen LogP) is 2.71. The topological polar surface area (TPSA) is 38.1 Å². The molecule has 0 saturated heterocycles. The summed E-state index contributed by atoms with van der Waals surface area (Å²) in [6.07, 6.45) is 6.22. The molecular formula is C13H15FN2O. The highest BCUT2D eigenvalue weighted by Gasteiger charge is 2.11. The van der Waals surface area contributed by atoms with Gasteiger partial charge in [-0.25, -0.2) is 4.39 Å². The second-order valence-corrected chi connectivity index (χ2v) is 3.90. The molecule has 0 spiro atoms. The van der Waals surface area contributed by atoms with Crippen molar-refractivity contribution in [2.75, 3.05) is 7.05 Å². The largest absolute Gasteiger partial charge is 0.469 e. The zero-order valence-corrected chi connectivity index (χ0v) is 9.69. The van der Waals surface area contributed by atoms with Crippen molar-refractivity contribution in [2.24, 2.45) is 0 Å². The highest BCUT2D eigenvalue weighted by molar-refractivity contribution is 5.15. The molecule has 2 rings (SSSR count). The van der Waals surface area contributed by atoms with Crippen LogP contribution in [0.3, 0.4) is 0 Å². The third-order valence-corrected chi connectivity index (χ3v) is 2.74. The lowest BCUT2D eigenvalue weighted by Gasteiger charge is -2.15. The third kappa shape index (κ3) is 3.14. The van der Waals surface area contributed by atoms with Gasteiger partial charge >= 0.3 is 0 Å². The van der Waals surface area contributed by atoms with E-state index in [1.165, 1.54) is 12.3 Å². The zero-order valence-electron chi connectivity index (χ0n) is 9.69. The number of pyridine rings is 1. The maximum absolute atomic E-state index is 13.1. The van der Waals surface area contributed by atoms with Crippen molar-refractivity contribution in [3.63, 3.8) is 0 Å². The van der Waals surface area contributed by atoms with Crippen molar-refractivity contribution in [2.45, 2.75) is 18.9 Å². The Kier molecular flexibility index (Phi) is 3.88. The molecule has 0 saturated carbocycles. The zero-order chi connectivity index (χ0) is 12.1. The number of hydrogen-bond donors (Lipinski definition) is 1. The van der Waals surface area contributed by atoms with Gasteiger partial charge in [-0.1, -0.05) is 0 Å². The number of hydrogen-bond acceptors (Lipinski definition) is 3. The molecule has 90 valence electrons. The molecule has 0 fully saturated rings. The second-order valence-electron chi connectivity index (χ2n) is 3.90. The van der Waals surface area contributed by atoms with Gasteiger partial charge in [0.2, 0.25) is 0 Å². The minimum Gasteiger partial charge on any atom is -0.469 e. The van der Waals surface area contributed by atoms with Crippen LogP contribution in [-0.2, 0) is 6.42 Å². The summed E-state index contributed by atoms with van der Waals surface area (Å²) in [5.41, 5.74) is 0.860. The molecule has 2 aromatic rings. The van der Waals surface area contributed by atoms with Gasteiger partial charge in [-0.3, -0.25) is 4.98 Å². The lowest BCUT2D eigenvalue weighted by atomic mass is 10.0. The van der Waals surface area contributed by atoms with Gasteiger partial charge in [-0.05, 0) is 37.2 Å². The minimum atomic E-state index is -0.305. The first kappa shape index (κ1) is 11.8. The molecule has 2 heterocycles. The van der Waals surface area contributed by atoms with Gasteiger partial charge in [0, 0.05) is 18.7 Å². The molecular weight excluding hydrogens is 219 g/mol. The number of nitrogens with zero attached hydrogens (tertiary/aromatic N) is 1. The number of halogens is 1. The second kappa shape index (κ2) is 5.59. The standard InChI is InChI=1S/C13H15FN2O/c1-15-13(5-4-12-3-2-6-17-12)10-7-11(14)9-16-8-10/h2-3,6-9,13,15H,4-5H2,1H3. The summed E-state index contributed by atoms with van der Waals surface area (Å²) in [6, 6.07) is 5.41. The van der Waals surface area contributed by atoms with Crippen molar-refractivity contribution in [1.29, 1.82) is 0 Å². The molecule has 0 aliphatic carbocycles. The predicted molar refractivity (Wildman–Crippen MR) is 63.0 cm³/mol. The van der Waals surface area contributed by atoms with Gasteiger partial charge in [-0.15, -0.1) is 0 Å². The lowest BCUT2D eigenvalue weighted by Crippen LogP contribution is -2.17. The Bertz CT molecular complexity index is 456. The molecule has 0 aliphatic rings.